The van der Waals surface area contributed by atoms with Gasteiger partial charge in [0.1, 0.15) is 0 Å². The Morgan fingerprint density at radius 1 is 1.00 bits per heavy atom. The molecule has 0 spiro atoms. The molecule has 0 saturated carbocycles. The number of hydrogen-bond donors (Lipinski definition) is 2. The molecule has 0 heterocycles. The van der Waals surface area contributed by atoms with Crippen LogP contribution in [0, 0.1) is 0 Å². The number of halogens is 3. The fourth-order valence-corrected chi connectivity index (χ4v) is 1.08. The molecule has 15 heavy (non-hydrogen) atoms. The molecular weight excluding hydrogens is 205 g/mol. The van der Waals surface area contributed by atoms with Gasteiger partial charge in [0.15, 0.2) is 0 Å². The van der Waals surface area contributed by atoms with Gasteiger partial charge in [-0.1, -0.05) is 18.2 Å². The van der Waals surface area contributed by atoms with Crippen LogP contribution in [0.15, 0.2) is 30.3 Å². The third-order valence-corrected chi connectivity index (χ3v) is 1.73. The molecule has 84 valence electrons. The smallest absolute Gasteiger partial charge is 0.384 e. The molecule has 0 aromatic heterocycles. The van der Waals surface area contributed by atoms with E-state index < -0.39 is 12.7 Å². The van der Waals surface area contributed by atoms with E-state index in [2.05, 4.69) is 10.6 Å². The van der Waals surface area contributed by atoms with Crippen molar-refractivity contribution < 1.29 is 13.2 Å². The molecule has 0 fully saturated rings. The molecule has 0 bridgehead atoms. The molecule has 1 rings (SSSR count). The van der Waals surface area contributed by atoms with E-state index in [4.69, 9.17) is 0 Å². The first-order valence-electron chi connectivity index (χ1n) is 4.64. The van der Waals surface area contributed by atoms with Gasteiger partial charge in [0.2, 0.25) is 0 Å². The molecule has 0 aliphatic heterocycles. The maximum atomic E-state index is 11.7. The Kier molecular flexibility index (Phi) is 4.42. The van der Waals surface area contributed by atoms with Crippen LogP contribution in [-0.4, -0.2) is 25.8 Å². The molecule has 2 nitrogen and oxygen atoms in total. The number of rotatable bonds is 5. The summed E-state index contributed by atoms with van der Waals surface area (Å²) in [5.41, 5.74) is 0.909. The Morgan fingerprint density at radius 2 is 1.67 bits per heavy atom. The fraction of sp³-hybridized carbons (Fsp3) is 0.400. The minimum absolute atomic E-state index is 0.286. The van der Waals surface area contributed by atoms with Crippen LogP contribution in [0.3, 0.4) is 0 Å². The Bertz CT molecular complexity index is 272. The predicted octanol–water partition coefficient (Wildman–Crippen LogP) is 2.25. The van der Waals surface area contributed by atoms with E-state index in [1.165, 1.54) is 0 Å². The average Bonchev–Trinajstić information content (AvgIpc) is 2.17. The molecule has 0 unspecified atom stereocenters. The molecule has 1 aromatic rings. The lowest BCUT2D eigenvalue weighted by Crippen LogP contribution is -2.32. The Hall–Kier alpha value is -1.23. The highest BCUT2D eigenvalue weighted by Gasteiger charge is 2.25. The summed E-state index contributed by atoms with van der Waals surface area (Å²) < 4.78 is 35.2. The van der Waals surface area contributed by atoms with Crippen molar-refractivity contribution in [2.75, 3.05) is 25.0 Å². The van der Waals surface area contributed by atoms with Crippen LogP contribution < -0.4 is 10.6 Å². The second kappa shape index (κ2) is 5.60. The lowest BCUT2D eigenvalue weighted by Gasteiger charge is -2.09. The predicted molar refractivity (Wildman–Crippen MR) is 53.9 cm³/mol. The van der Waals surface area contributed by atoms with Crippen molar-refractivity contribution in [2.24, 2.45) is 0 Å². The average molecular weight is 218 g/mol. The van der Waals surface area contributed by atoms with Gasteiger partial charge in [0.05, 0.1) is 6.54 Å². The SMILES string of the molecule is FC(F)(F)CNCCNc1ccccc1. The van der Waals surface area contributed by atoms with E-state index in [0.717, 1.165) is 5.69 Å². The maximum Gasteiger partial charge on any atom is 0.401 e. The zero-order chi connectivity index (χ0) is 11.1. The highest BCUT2D eigenvalue weighted by molar-refractivity contribution is 5.42. The van der Waals surface area contributed by atoms with Gasteiger partial charge in [-0.15, -0.1) is 0 Å². The van der Waals surface area contributed by atoms with Crippen LogP contribution in [0.25, 0.3) is 0 Å². The van der Waals surface area contributed by atoms with E-state index in [1.807, 2.05) is 30.3 Å². The first-order chi connectivity index (χ1) is 7.08. The second-order valence-electron chi connectivity index (χ2n) is 3.08. The summed E-state index contributed by atoms with van der Waals surface area (Å²) >= 11 is 0. The van der Waals surface area contributed by atoms with E-state index in [9.17, 15) is 13.2 Å². The zero-order valence-electron chi connectivity index (χ0n) is 8.14. The van der Waals surface area contributed by atoms with Crippen LogP contribution in [0.1, 0.15) is 0 Å². The molecule has 0 radical (unpaired) electrons. The summed E-state index contributed by atoms with van der Waals surface area (Å²) in [6.45, 7) is -0.183. The summed E-state index contributed by atoms with van der Waals surface area (Å²) in [6.07, 6.45) is -4.13. The summed E-state index contributed by atoms with van der Waals surface area (Å²) in [5.74, 6) is 0. The molecule has 0 aliphatic rings. The van der Waals surface area contributed by atoms with E-state index in [-0.39, 0.29) is 6.54 Å². The Labute approximate surface area is 86.5 Å². The first kappa shape index (κ1) is 11.8. The summed E-state index contributed by atoms with van der Waals surface area (Å²) in [7, 11) is 0. The van der Waals surface area contributed by atoms with E-state index in [1.54, 1.807) is 0 Å². The van der Waals surface area contributed by atoms with Crippen molar-refractivity contribution in [1.82, 2.24) is 5.32 Å². The van der Waals surface area contributed by atoms with Gasteiger partial charge in [-0.3, -0.25) is 0 Å². The summed E-state index contributed by atoms with van der Waals surface area (Å²) in [5, 5.41) is 5.31. The topological polar surface area (TPSA) is 24.1 Å². The minimum Gasteiger partial charge on any atom is -0.384 e. The lowest BCUT2D eigenvalue weighted by atomic mass is 10.3. The van der Waals surface area contributed by atoms with Crippen molar-refractivity contribution in [3.8, 4) is 0 Å². The number of alkyl halides is 3. The fourth-order valence-electron chi connectivity index (χ4n) is 1.08. The first-order valence-corrected chi connectivity index (χ1v) is 4.64. The summed E-state index contributed by atoms with van der Waals surface area (Å²) in [6, 6.07) is 9.34. The Balaban J connectivity index is 2.08. The lowest BCUT2D eigenvalue weighted by molar-refractivity contribution is -0.124. The van der Waals surface area contributed by atoms with Crippen LogP contribution in [0.2, 0.25) is 0 Å². The van der Waals surface area contributed by atoms with Crippen molar-refractivity contribution >= 4 is 5.69 Å². The number of benzene rings is 1. The van der Waals surface area contributed by atoms with Crippen molar-refractivity contribution in [3.05, 3.63) is 30.3 Å². The molecule has 1 aromatic carbocycles. The standard InChI is InChI=1S/C10H13F3N2/c11-10(12,13)8-14-6-7-15-9-4-2-1-3-5-9/h1-5,14-15H,6-8H2. The number of nitrogens with one attached hydrogen (secondary N) is 2. The van der Waals surface area contributed by atoms with Crippen LogP contribution in [0.5, 0.6) is 0 Å². The van der Waals surface area contributed by atoms with Gasteiger partial charge < -0.3 is 10.6 Å². The monoisotopic (exact) mass is 218 g/mol. The molecule has 0 saturated heterocycles. The number of anilines is 1. The highest BCUT2D eigenvalue weighted by atomic mass is 19.4. The molecule has 0 amide bonds. The quantitative estimate of drug-likeness (QED) is 0.741. The number of para-hydroxylation sites is 1. The third-order valence-electron chi connectivity index (χ3n) is 1.73. The molecule has 0 aliphatic carbocycles. The number of hydrogen-bond acceptors (Lipinski definition) is 2. The van der Waals surface area contributed by atoms with Gasteiger partial charge in [-0.25, -0.2) is 0 Å². The van der Waals surface area contributed by atoms with Gasteiger partial charge in [-0.2, -0.15) is 13.2 Å². The molecule has 2 N–H and O–H groups in total. The van der Waals surface area contributed by atoms with Gasteiger partial charge in [0, 0.05) is 18.8 Å². The van der Waals surface area contributed by atoms with Crippen LogP contribution in [-0.2, 0) is 0 Å². The van der Waals surface area contributed by atoms with Gasteiger partial charge in [0.25, 0.3) is 0 Å². The minimum atomic E-state index is -4.13. The van der Waals surface area contributed by atoms with Crippen molar-refractivity contribution in [1.29, 1.82) is 0 Å². The molecular formula is C10H13F3N2. The molecule has 0 atom stereocenters. The molecule has 5 heteroatoms. The van der Waals surface area contributed by atoms with E-state index >= 15 is 0 Å². The maximum absolute atomic E-state index is 11.7. The summed E-state index contributed by atoms with van der Waals surface area (Å²) in [4.78, 5) is 0. The van der Waals surface area contributed by atoms with Gasteiger partial charge >= 0.3 is 6.18 Å². The third kappa shape index (κ3) is 5.96. The van der Waals surface area contributed by atoms with Gasteiger partial charge in [-0.05, 0) is 12.1 Å². The van der Waals surface area contributed by atoms with Crippen molar-refractivity contribution in [2.45, 2.75) is 6.18 Å². The second-order valence-corrected chi connectivity index (χ2v) is 3.08. The Morgan fingerprint density at radius 3 is 2.27 bits per heavy atom. The van der Waals surface area contributed by atoms with E-state index in [0.29, 0.717) is 6.54 Å². The largest absolute Gasteiger partial charge is 0.401 e. The van der Waals surface area contributed by atoms with Crippen LogP contribution in [0.4, 0.5) is 18.9 Å². The van der Waals surface area contributed by atoms with Crippen LogP contribution >= 0.6 is 0 Å². The zero-order valence-corrected chi connectivity index (χ0v) is 8.14. The highest BCUT2D eigenvalue weighted by Crippen LogP contribution is 2.11. The van der Waals surface area contributed by atoms with Crippen molar-refractivity contribution in [3.63, 3.8) is 0 Å². The normalized spacial score (nSPS) is 11.4.